The van der Waals surface area contributed by atoms with Crippen molar-refractivity contribution < 1.29 is 9.23 Å². The molecule has 0 aliphatic carbocycles. The van der Waals surface area contributed by atoms with Gasteiger partial charge in [-0.25, -0.2) is 19.4 Å². The highest BCUT2D eigenvalue weighted by Gasteiger charge is 2.32. The van der Waals surface area contributed by atoms with Crippen LogP contribution in [-0.2, 0) is 4.84 Å². The molecule has 0 saturated carbocycles. The summed E-state index contributed by atoms with van der Waals surface area (Å²) >= 11 is 2.97. The van der Waals surface area contributed by atoms with Crippen molar-refractivity contribution in [2.45, 2.75) is 15.2 Å². The van der Waals surface area contributed by atoms with E-state index in [1.54, 1.807) is 48.6 Å². The van der Waals surface area contributed by atoms with Crippen molar-refractivity contribution in [3.8, 4) is 6.07 Å². The second-order valence-electron chi connectivity index (χ2n) is 5.63. The highest BCUT2D eigenvalue weighted by molar-refractivity contribution is 8.15. The minimum absolute atomic E-state index is 0.0821. The number of nitriles is 1. The Morgan fingerprint density at radius 1 is 1.26 bits per heavy atom. The zero-order valence-electron chi connectivity index (χ0n) is 14.2. The fraction of sp³-hybridized carbons (Fsp3) is 0.105. The van der Waals surface area contributed by atoms with Crippen molar-refractivity contribution in [2.75, 3.05) is 7.11 Å². The summed E-state index contributed by atoms with van der Waals surface area (Å²) in [5.74, 6) is -0.281. The van der Waals surface area contributed by atoms with E-state index in [0.717, 1.165) is 26.1 Å². The predicted octanol–water partition coefficient (Wildman–Crippen LogP) is 4.41. The highest BCUT2D eigenvalue weighted by Crippen LogP contribution is 2.38. The molecule has 0 aromatic heterocycles. The Bertz CT molecular complexity index is 1010. The van der Waals surface area contributed by atoms with E-state index >= 15 is 0 Å². The van der Waals surface area contributed by atoms with Gasteiger partial charge < -0.3 is 0 Å². The largest absolute Gasteiger partial charge is 0.274 e. The number of nitrogens with zero attached hydrogens (tertiary/aromatic N) is 4. The Kier molecular flexibility index (Phi) is 4.99. The minimum Gasteiger partial charge on any atom is -0.274 e. The summed E-state index contributed by atoms with van der Waals surface area (Å²) in [6.07, 6.45) is 3.33. The van der Waals surface area contributed by atoms with Gasteiger partial charge in [-0.2, -0.15) is 5.26 Å². The van der Waals surface area contributed by atoms with Crippen LogP contribution in [0.25, 0.3) is 0 Å². The smallest absolute Gasteiger partial charge is 0.152 e. The van der Waals surface area contributed by atoms with Gasteiger partial charge in [-0.15, -0.1) is 0 Å². The first kappa shape index (κ1) is 17.8. The summed E-state index contributed by atoms with van der Waals surface area (Å²) in [4.78, 5) is 15.7. The van der Waals surface area contributed by atoms with Crippen LogP contribution in [-0.4, -0.2) is 28.9 Å². The standard InChI is InChI=1S/C19H13FN4OS2/c1-25-24-11-22-10-16-19(24)27-18(23-16)12-2-7-17(13(8-12)9-21)26-15-5-3-14(20)4-6-15/h2-8,10-11,19H,1H3. The highest BCUT2D eigenvalue weighted by atomic mass is 32.2. The van der Waals surface area contributed by atoms with Gasteiger partial charge in [0.2, 0.25) is 0 Å². The number of benzene rings is 2. The van der Waals surface area contributed by atoms with Crippen molar-refractivity contribution >= 4 is 34.9 Å². The Balaban J connectivity index is 1.60. The minimum atomic E-state index is -0.281. The molecule has 0 spiro atoms. The van der Waals surface area contributed by atoms with Gasteiger partial charge in [-0.1, -0.05) is 29.6 Å². The van der Waals surface area contributed by atoms with Gasteiger partial charge in [0.05, 0.1) is 24.6 Å². The van der Waals surface area contributed by atoms with Crippen molar-refractivity contribution in [3.05, 3.63) is 71.3 Å². The Hall–Kier alpha value is -2.60. The topological polar surface area (TPSA) is 61.0 Å². The fourth-order valence-electron chi connectivity index (χ4n) is 2.62. The lowest BCUT2D eigenvalue weighted by atomic mass is 10.1. The van der Waals surface area contributed by atoms with Crippen LogP contribution in [0.2, 0.25) is 0 Å². The van der Waals surface area contributed by atoms with E-state index in [1.807, 2.05) is 18.2 Å². The van der Waals surface area contributed by atoms with Gasteiger partial charge in [0, 0.05) is 15.4 Å². The number of rotatable bonds is 4. The van der Waals surface area contributed by atoms with Crippen LogP contribution < -0.4 is 0 Å². The van der Waals surface area contributed by atoms with Crippen molar-refractivity contribution in [1.29, 1.82) is 5.26 Å². The monoisotopic (exact) mass is 396 g/mol. The Morgan fingerprint density at radius 3 is 2.81 bits per heavy atom. The maximum Gasteiger partial charge on any atom is 0.152 e. The summed E-state index contributed by atoms with van der Waals surface area (Å²) in [5, 5.41) is 11.9. The zero-order chi connectivity index (χ0) is 18.8. The third-order valence-electron chi connectivity index (χ3n) is 3.92. The molecule has 1 atom stereocenters. The van der Waals surface area contributed by atoms with E-state index in [9.17, 15) is 9.65 Å². The third kappa shape index (κ3) is 3.62. The molecule has 8 heteroatoms. The number of hydrogen-bond donors (Lipinski definition) is 0. The number of thioether (sulfide) groups is 1. The molecule has 5 nitrogen and oxygen atoms in total. The molecule has 134 valence electrons. The van der Waals surface area contributed by atoms with Gasteiger partial charge in [0.25, 0.3) is 0 Å². The van der Waals surface area contributed by atoms with Gasteiger partial charge in [-0.05, 0) is 36.4 Å². The van der Waals surface area contributed by atoms with E-state index in [0.29, 0.717) is 5.56 Å². The molecule has 2 heterocycles. The lowest BCUT2D eigenvalue weighted by molar-refractivity contribution is -0.0617. The molecule has 2 aliphatic heterocycles. The zero-order valence-corrected chi connectivity index (χ0v) is 15.8. The lowest BCUT2D eigenvalue weighted by Crippen LogP contribution is -2.32. The summed E-state index contributed by atoms with van der Waals surface area (Å²) in [7, 11) is 1.59. The molecule has 0 fully saturated rings. The normalized spacial score (nSPS) is 18.0. The maximum absolute atomic E-state index is 13.1. The average Bonchev–Trinajstić information content (AvgIpc) is 3.14. The van der Waals surface area contributed by atoms with E-state index in [2.05, 4.69) is 16.1 Å². The molecule has 27 heavy (non-hydrogen) atoms. The molecule has 0 saturated heterocycles. The first-order chi connectivity index (χ1) is 13.2. The Labute approximate surface area is 164 Å². The fourth-order valence-corrected chi connectivity index (χ4v) is 4.61. The van der Waals surface area contributed by atoms with Crippen LogP contribution >= 0.6 is 23.5 Å². The second-order valence-corrected chi connectivity index (χ2v) is 7.81. The van der Waals surface area contributed by atoms with Gasteiger partial charge in [0.1, 0.15) is 23.3 Å². The van der Waals surface area contributed by atoms with E-state index in [-0.39, 0.29) is 11.2 Å². The summed E-state index contributed by atoms with van der Waals surface area (Å²) < 4.78 is 13.1. The van der Waals surface area contributed by atoms with Crippen molar-refractivity contribution in [1.82, 2.24) is 5.06 Å². The van der Waals surface area contributed by atoms with E-state index in [4.69, 9.17) is 4.84 Å². The van der Waals surface area contributed by atoms with Crippen molar-refractivity contribution in [2.24, 2.45) is 9.98 Å². The maximum atomic E-state index is 13.1. The number of hydrogen-bond acceptors (Lipinski definition) is 7. The van der Waals surface area contributed by atoms with Gasteiger partial charge >= 0.3 is 0 Å². The SMILES string of the molecule is CON1C=NC=C2N=C(c3ccc(Sc4ccc(F)cc4)c(C#N)c3)SC21. The predicted molar refractivity (Wildman–Crippen MR) is 105 cm³/mol. The quantitative estimate of drug-likeness (QED) is 0.766. The van der Waals surface area contributed by atoms with Crippen LogP contribution in [0.15, 0.2) is 74.1 Å². The van der Waals surface area contributed by atoms with Crippen LogP contribution in [0.5, 0.6) is 0 Å². The molecule has 2 aromatic rings. The number of halogens is 1. The van der Waals surface area contributed by atoms with Crippen LogP contribution in [0.4, 0.5) is 4.39 Å². The third-order valence-corrected chi connectivity index (χ3v) is 6.23. The van der Waals surface area contributed by atoms with Crippen LogP contribution in [0.1, 0.15) is 11.1 Å². The lowest BCUT2D eigenvalue weighted by Gasteiger charge is -2.24. The molecular formula is C19H13FN4OS2. The number of fused-ring (bicyclic) bond motifs is 1. The first-order valence-corrected chi connectivity index (χ1v) is 9.66. The van der Waals surface area contributed by atoms with E-state index in [1.165, 1.54) is 23.9 Å². The van der Waals surface area contributed by atoms with Crippen LogP contribution in [0.3, 0.4) is 0 Å². The molecule has 0 bridgehead atoms. The molecule has 4 rings (SSSR count). The van der Waals surface area contributed by atoms with Gasteiger partial charge in [0.15, 0.2) is 5.37 Å². The van der Waals surface area contributed by atoms with Crippen molar-refractivity contribution in [3.63, 3.8) is 0 Å². The average molecular weight is 396 g/mol. The molecule has 0 amide bonds. The molecule has 0 radical (unpaired) electrons. The Morgan fingerprint density at radius 2 is 2.07 bits per heavy atom. The molecule has 0 N–H and O–H groups in total. The number of aliphatic imine (C=N–C) groups is 2. The molecule has 1 unspecified atom stereocenters. The summed E-state index contributed by atoms with van der Waals surface area (Å²) in [5.41, 5.74) is 2.22. The van der Waals surface area contributed by atoms with Gasteiger partial charge in [-0.3, -0.25) is 4.84 Å². The van der Waals surface area contributed by atoms with Crippen LogP contribution in [0, 0.1) is 17.1 Å². The van der Waals surface area contributed by atoms with E-state index < -0.39 is 0 Å². The molecule has 2 aromatic carbocycles. The molecule has 2 aliphatic rings. The first-order valence-electron chi connectivity index (χ1n) is 7.97. The summed E-state index contributed by atoms with van der Waals surface area (Å²) in [6, 6.07) is 14.1. The number of hydroxylamine groups is 2. The molecular weight excluding hydrogens is 383 g/mol. The summed E-state index contributed by atoms with van der Waals surface area (Å²) in [6.45, 7) is 0. The second kappa shape index (κ2) is 7.56.